The SMILES string of the molecule is C#C[C@H](Cc1ccccc1)OC. The van der Waals surface area contributed by atoms with E-state index in [1.165, 1.54) is 5.56 Å². The average Bonchev–Trinajstić information content (AvgIpc) is 2.16. The van der Waals surface area contributed by atoms with Crippen molar-refractivity contribution in [2.75, 3.05) is 7.11 Å². The van der Waals surface area contributed by atoms with Gasteiger partial charge in [0.25, 0.3) is 0 Å². The molecule has 0 aromatic heterocycles. The van der Waals surface area contributed by atoms with Gasteiger partial charge in [-0.15, -0.1) is 6.42 Å². The third-order valence-electron chi connectivity index (χ3n) is 1.73. The Morgan fingerprint density at radius 2 is 2.08 bits per heavy atom. The summed E-state index contributed by atoms with van der Waals surface area (Å²) in [5.74, 6) is 2.58. The van der Waals surface area contributed by atoms with Crippen molar-refractivity contribution in [3.05, 3.63) is 35.9 Å². The molecule has 62 valence electrons. The molecule has 0 saturated heterocycles. The van der Waals surface area contributed by atoms with E-state index in [0.29, 0.717) is 0 Å². The van der Waals surface area contributed by atoms with Gasteiger partial charge in [-0.3, -0.25) is 0 Å². The van der Waals surface area contributed by atoms with Gasteiger partial charge in [0.15, 0.2) is 0 Å². The first-order chi connectivity index (χ1) is 5.86. The summed E-state index contributed by atoms with van der Waals surface area (Å²) in [4.78, 5) is 0. The van der Waals surface area contributed by atoms with Gasteiger partial charge in [-0.1, -0.05) is 36.3 Å². The van der Waals surface area contributed by atoms with Crippen molar-refractivity contribution in [3.8, 4) is 12.3 Å². The average molecular weight is 160 g/mol. The van der Waals surface area contributed by atoms with Crippen LogP contribution < -0.4 is 0 Å². The van der Waals surface area contributed by atoms with E-state index in [4.69, 9.17) is 11.2 Å². The summed E-state index contributed by atoms with van der Waals surface area (Å²) in [6.45, 7) is 0. The highest BCUT2D eigenvalue weighted by atomic mass is 16.5. The molecule has 0 spiro atoms. The molecular weight excluding hydrogens is 148 g/mol. The Hall–Kier alpha value is -1.26. The highest BCUT2D eigenvalue weighted by molar-refractivity contribution is 5.17. The molecule has 0 heterocycles. The maximum Gasteiger partial charge on any atom is 0.121 e. The van der Waals surface area contributed by atoms with Crippen LogP contribution in [0.1, 0.15) is 5.56 Å². The van der Waals surface area contributed by atoms with Crippen LogP contribution in [0.15, 0.2) is 30.3 Å². The Bertz CT molecular complexity index is 258. The highest BCUT2D eigenvalue weighted by Crippen LogP contribution is 2.03. The molecule has 1 aromatic carbocycles. The Morgan fingerprint density at radius 1 is 1.42 bits per heavy atom. The van der Waals surface area contributed by atoms with Crippen LogP contribution in [0.3, 0.4) is 0 Å². The molecule has 0 aliphatic carbocycles. The predicted octanol–water partition coefficient (Wildman–Crippen LogP) is 1.88. The number of benzene rings is 1. The first kappa shape index (κ1) is 8.83. The molecule has 0 amide bonds. The molecule has 0 bridgehead atoms. The largest absolute Gasteiger partial charge is 0.368 e. The minimum absolute atomic E-state index is 0.104. The van der Waals surface area contributed by atoms with E-state index in [2.05, 4.69) is 5.92 Å². The Kier molecular flexibility index (Phi) is 3.37. The first-order valence-electron chi connectivity index (χ1n) is 3.89. The van der Waals surface area contributed by atoms with Crippen molar-refractivity contribution < 1.29 is 4.74 Å². The van der Waals surface area contributed by atoms with Gasteiger partial charge in [0, 0.05) is 13.5 Å². The van der Waals surface area contributed by atoms with Crippen molar-refractivity contribution in [2.24, 2.45) is 0 Å². The number of terminal acetylenes is 1. The quantitative estimate of drug-likeness (QED) is 0.613. The van der Waals surface area contributed by atoms with Gasteiger partial charge < -0.3 is 4.74 Å². The summed E-state index contributed by atoms with van der Waals surface area (Å²) in [6.07, 6.45) is 5.94. The van der Waals surface area contributed by atoms with Crippen LogP contribution in [0.2, 0.25) is 0 Å². The zero-order chi connectivity index (χ0) is 8.81. The lowest BCUT2D eigenvalue weighted by atomic mass is 10.1. The number of methoxy groups -OCH3 is 1. The van der Waals surface area contributed by atoms with Crippen LogP contribution in [0.25, 0.3) is 0 Å². The van der Waals surface area contributed by atoms with E-state index in [1.54, 1.807) is 7.11 Å². The van der Waals surface area contributed by atoms with Gasteiger partial charge in [-0.25, -0.2) is 0 Å². The molecule has 0 N–H and O–H groups in total. The first-order valence-corrected chi connectivity index (χ1v) is 3.89. The zero-order valence-corrected chi connectivity index (χ0v) is 7.16. The summed E-state index contributed by atoms with van der Waals surface area (Å²) < 4.78 is 5.07. The molecule has 1 heteroatoms. The summed E-state index contributed by atoms with van der Waals surface area (Å²) in [5, 5.41) is 0. The third-order valence-corrected chi connectivity index (χ3v) is 1.73. The van der Waals surface area contributed by atoms with Gasteiger partial charge in [-0.2, -0.15) is 0 Å². The lowest BCUT2D eigenvalue weighted by Gasteiger charge is -2.07. The van der Waals surface area contributed by atoms with E-state index in [-0.39, 0.29) is 6.10 Å². The Balaban J connectivity index is 2.58. The second-order valence-corrected chi connectivity index (χ2v) is 2.58. The molecule has 1 nitrogen and oxygen atoms in total. The second kappa shape index (κ2) is 4.58. The van der Waals surface area contributed by atoms with E-state index >= 15 is 0 Å². The maximum absolute atomic E-state index is 5.26. The fourth-order valence-electron chi connectivity index (χ4n) is 1.04. The Morgan fingerprint density at radius 3 is 2.58 bits per heavy atom. The van der Waals surface area contributed by atoms with Crippen LogP contribution >= 0.6 is 0 Å². The number of hydrogen-bond acceptors (Lipinski definition) is 1. The van der Waals surface area contributed by atoms with Gasteiger partial charge >= 0.3 is 0 Å². The molecule has 1 aromatic rings. The van der Waals surface area contributed by atoms with Crippen molar-refractivity contribution >= 4 is 0 Å². The summed E-state index contributed by atoms with van der Waals surface area (Å²) >= 11 is 0. The summed E-state index contributed by atoms with van der Waals surface area (Å²) in [5.41, 5.74) is 1.21. The van der Waals surface area contributed by atoms with Crippen LogP contribution in [0.4, 0.5) is 0 Å². The molecule has 1 atom stereocenters. The second-order valence-electron chi connectivity index (χ2n) is 2.58. The molecule has 1 rings (SSSR count). The van der Waals surface area contributed by atoms with Crippen molar-refractivity contribution in [3.63, 3.8) is 0 Å². The lowest BCUT2D eigenvalue weighted by Crippen LogP contribution is -2.10. The van der Waals surface area contributed by atoms with Gasteiger partial charge in [-0.05, 0) is 5.56 Å². The topological polar surface area (TPSA) is 9.23 Å². The summed E-state index contributed by atoms with van der Waals surface area (Å²) in [7, 11) is 1.63. The predicted molar refractivity (Wildman–Crippen MR) is 49.8 cm³/mol. The van der Waals surface area contributed by atoms with E-state index in [9.17, 15) is 0 Å². The van der Waals surface area contributed by atoms with Crippen molar-refractivity contribution in [1.82, 2.24) is 0 Å². The smallest absolute Gasteiger partial charge is 0.121 e. The molecule has 0 aliphatic rings. The molecule has 12 heavy (non-hydrogen) atoms. The number of hydrogen-bond donors (Lipinski definition) is 0. The van der Waals surface area contributed by atoms with E-state index in [0.717, 1.165) is 6.42 Å². The normalized spacial score (nSPS) is 12.0. The summed E-state index contributed by atoms with van der Waals surface area (Å²) in [6, 6.07) is 10.1. The number of rotatable bonds is 3. The van der Waals surface area contributed by atoms with Crippen LogP contribution in [-0.4, -0.2) is 13.2 Å². The van der Waals surface area contributed by atoms with E-state index < -0.39 is 0 Å². The van der Waals surface area contributed by atoms with E-state index in [1.807, 2.05) is 30.3 Å². The van der Waals surface area contributed by atoms with Crippen molar-refractivity contribution in [1.29, 1.82) is 0 Å². The molecular formula is C11H12O. The minimum atomic E-state index is -0.104. The van der Waals surface area contributed by atoms with Gasteiger partial charge in [0.2, 0.25) is 0 Å². The monoisotopic (exact) mass is 160 g/mol. The molecule has 0 unspecified atom stereocenters. The zero-order valence-electron chi connectivity index (χ0n) is 7.16. The molecule has 0 fully saturated rings. The van der Waals surface area contributed by atoms with Crippen LogP contribution in [-0.2, 0) is 11.2 Å². The lowest BCUT2D eigenvalue weighted by molar-refractivity contribution is 0.149. The molecule has 0 aliphatic heterocycles. The molecule has 0 saturated carbocycles. The standard InChI is InChI=1S/C11H12O/c1-3-11(12-2)9-10-7-5-4-6-8-10/h1,4-8,11H,9H2,2H3/t11-/m1/s1. The van der Waals surface area contributed by atoms with Crippen LogP contribution in [0.5, 0.6) is 0 Å². The maximum atomic E-state index is 5.26. The van der Waals surface area contributed by atoms with Crippen molar-refractivity contribution in [2.45, 2.75) is 12.5 Å². The highest BCUT2D eigenvalue weighted by Gasteiger charge is 2.02. The fourth-order valence-corrected chi connectivity index (χ4v) is 1.04. The minimum Gasteiger partial charge on any atom is -0.368 e. The third kappa shape index (κ3) is 2.41. The van der Waals surface area contributed by atoms with Gasteiger partial charge in [0.05, 0.1) is 0 Å². The fraction of sp³-hybridized carbons (Fsp3) is 0.273. The van der Waals surface area contributed by atoms with Crippen LogP contribution in [0, 0.1) is 12.3 Å². The van der Waals surface area contributed by atoms with Gasteiger partial charge in [0.1, 0.15) is 6.10 Å². The Labute approximate surface area is 73.4 Å². The number of ether oxygens (including phenoxy) is 1. The molecule has 0 radical (unpaired) electrons.